The normalized spacial score (nSPS) is 11.3. The topological polar surface area (TPSA) is 69.4 Å². The van der Waals surface area contributed by atoms with E-state index in [1.165, 1.54) is 27.4 Å². The van der Waals surface area contributed by atoms with Crippen LogP contribution < -0.4 is 0 Å². The largest absolute Gasteiger partial charge is 0.309 e. The molecule has 49 heavy (non-hydrogen) atoms. The van der Waals surface area contributed by atoms with Gasteiger partial charge in [0.25, 0.3) is 0 Å². The van der Waals surface area contributed by atoms with Gasteiger partial charge in [0.1, 0.15) is 0 Å². The van der Waals surface area contributed by atoms with Gasteiger partial charge in [-0.3, -0.25) is 9.97 Å². The van der Waals surface area contributed by atoms with Gasteiger partial charge < -0.3 is 4.57 Å². The summed E-state index contributed by atoms with van der Waals surface area (Å²) in [6, 6.07) is 50.8. The summed E-state index contributed by atoms with van der Waals surface area (Å²) < 4.78 is 2.38. The first-order valence-corrected chi connectivity index (χ1v) is 16.2. The number of hydrogen-bond acceptors (Lipinski definition) is 5. The molecule has 0 radical (unpaired) electrons. The third kappa shape index (κ3) is 5.31. The Hall–Kier alpha value is -6.79. The van der Waals surface area contributed by atoms with Crippen molar-refractivity contribution >= 4 is 21.8 Å². The van der Waals surface area contributed by atoms with Gasteiger partial charge in [0.15, 0.2) is 17.5 Å². The Bertz CT molecular complexity index is 2470. The maximum absolute atomic E-state index is 4.89. The van der Waals surface area contributed by atoms with Gasteiger partial charge in [-0.05, 0) is 76.9 Å². The van der Waals surface area contributed by atoms with Crippen molar-refractivity contribution < 1.29 is 0 Å². The molecule has 0 fully saturated rings. The Morgan fingerprint density at radius 1 is 0.327 bits per heavy atom. The third-order valence-corrected chi connectivity index (χ3v) is 8.85. The van der Waals surface area contributed by atoms with E-state index in [1.54, 1.807) is 24.8 Å². The van der Waals surface area contributed by atoms with Crippen LogP contribution in [0.5, 0.6) is 0 Å². The molecule has 0 saturated carbocycles. The molecule has 6 nitrogen and oxygen atoms in total. The van der Waals surface area contributed by atoms with Crippen molar-refractivity contribution in [3.63, 3.8) is 0 Å². The molecule has 4 heterocycles. The summed E-state index contributed by atoms with van der Waals surface area (Å²) in [5.74, 6) is 1.79. The molecule has 0 atom stereocenters. The molecule has 0 aliphatic rings. The molecule has 0 aliphatic heterocycles. The van der Waals surface area contributed by atoms with Gasteiger partial charge in [-0.1, -0.05) is 91.0 Å². The maximum atomic E-state index is 4.89. The van der Waals surface area contributed by atoms with Gasteiger partial charge >= 0.3 is 0 Å². The van der Waals surface area contributed by atoms with Crippen LogP contribution in [0, 0.1) is 0 Å². The summed E-state index contributed by atoms with van der Waals surface area (Å²) in [5.41, 5.74) is 10.7. The Morgan fingerprint density at radius 2 is 0.735 bits per heavy atom. The monoisotopic (exact) mass is 628 g/mol. The SMILES string of the molecule is c1ccc(-c2cc(-c3ccc(-c4nc(-c5ccncc5)nc(-c5ccncc5)n4)cc3)cc(-n3c4ccccc4c4ccccc43)c2)cc1. The van der Waals surface area contributed by atoms with E-state index in [0.717, 1.165) is 39.1 Å². The molecular weight excluding hydrogens is 601 g/mol. The summed E-state index contributed by atoms with van der Waals surface area (Å²) in [7, 11) is 0. The molecule has 0 spiro atoms. The number of pyridine rings is 2. The van der Waals surface area contributed by atoms with E-state index in [1.807, 2.05) is 24.3 Å². The smallest absolute Gasteiger partial charge is 0.164 e. The van der Waals surface area contributed by atoms with E-state index >= 15 is 0 Å². The maximum Gasteiger partial charge on any atom is 0.164 e. The van der Waals surface area contributed by atoms with Crippen LogP contribution in [-0.4, -0.2) is 29.5 Å². The first kappa shape index (κ1) is 28.4. The Labute approximate surface area is 283 Å². The molecule has 0 bridgehead atoms. The van der Waals surface area contributed by atoms with Crippen LogP contribution in [-0.2, 0) is 0 Å². The van der Waals surface area contributed by atoms with Gasteiger partial charge in [0.2, 0.25) is 0 Å². The molecule has 0 saturated heterocycles. The quantitative estimate of drug-likeness (QED) is 0.183. The van der Waals surface area contributed by atoms with E-state index in [9.17, 15) is 0 Å². The van der Waals surface area contributed by atoms with Crippen LogP contribution in [0.15, 0.2) is 170 Å². The van der Waals surface area contributed by atoms with Gasteiger partial charge in [-0.25, -0.2) is 15.0 Å². The molecule has 230 valence electrons. The number of rotatable bonds is 6. The third-order valence-electron chi connectivity index (χ3n) is 8.85. The van der Waals surface area contributed by atoms with E-state index in [4.69, 9.17) is 15.0 Å². The summed E-state index contributed by atoms with van der Waals surface area (Å²) in [4.78, 5) is 22.9. The second-order valence-corrected chi connectivity index (χ2v) is 11.9. The summed E-state index contributed by atoms with van der Waals surface area (Å²) in [6.07, 6.45) is 6.99. The number of fused-ring (bicyclic) bond motifs is 3. The van der Waals surface area contributed by atoms with Gasteiger partial charge in [0, 0.05) is 57.9 Å². The molecule has 6 heteroatoms. The van der Waals surface area contributed by atoms with Crippen LogP contribution >= 0.6 is 0 Å². The highest BCUT2D eigenvalue weighted by molar-refractivity contribution is 6.09. The highest BCUT2D eigenvalue weighted by Gasteiger charge is 2.16. The van der Waals surface area contributed by atoms with Gasteiger partial charge in [-0.15, -0.1) is 0 Å². The summed E-state index contributed by atoms with van der Waals surface area (Å²) in [6.45, 7) is 0. The first-order chi connectivity index (χ1) is 24.3. The lowest BCUT2D eigenvalue weighted by Crippen LogP contribution is -2.00. The molecule has 4 aromatic heterocycles. The number of para-hydroxylation sites is 2. The van der Waals surface area contributed by atoms with Crippen molar-refractivity contribution in [3.8, 4) is 62.1 Å². The fourth-order valence-electron chi connectivity index (χ4n) is 6.48. The fraction of sp³-hybridized carbons (Fsp3) is 0. The standard InChI is InChI=1S/C43H28N6/c1-2-8-29(9-3-1)34-26-35(28-36(27-34)49-39-12-6-4-10-37(39)38-11-5-7-13-40(38)49)30-14-16-31(17-15-30)41-46-42(32-18-22-44-23-19-32)48-43(47-41)33-20-24-45-25-21-33/h1-28H. The molecule has 0 amide bonds. The summed E-state index contributed by atoms with van der Waals surface area (Å²) >= 11 is 0. The number of hydrogen-bond donors (Lipinski definition) is 0. The van der Waals surface area contributed by atoms with E-state index in [-0.39, 0.29) is 0 Å². The minimum absolute atomic E-state index is 0.592. The van der Waals surface area contributed by atoms with Crippen LogP contribution in [0.2, 0.25) is 0 Å². The molecule has 5 aromatic carbocycles. The van der Waals surface area contributed by atoms with Crippen molar-refractivity contribution in [2.45, 2.75) is 0 Å². The van der Waals surface area contributed by atoms with Crippen LogP contribution in [0.1, 0.15) is 0 Å². The zero-order chi connectivity index (χ0) is 32.6. The zero-order valence-corrected chi connectivity index (χ0v) is 26.3. The van der Waals surface area contributed by atoms with Crippen molar-refractivity contribution in [2.75, 3.05) is 0 Å². The zero-order valence-electron chi connectivity index (χ0n) is 26.3. The van der Waals surface area contributed by atoms with Gasteiger partial charge in [0.05, 0.1) is 11.0 Å². The lowest BCUT2D eigenvalue weighted by Gasteiger charge is -2.14. The Morgan fingerprint density at radius 3 is 1.24 bits per heavy atom. The predicted octanol–water partition coefficient (Wildman–Crippen LogP) is 10.1. The van der Waals surface area contributed by atoms with E-state index < -0.39 is 0 Å². The van der Waals surface area contributed by atoms with Crippen molar-refractivity contribution in [1.29, 1.82) is 0 Å². The highest BCUT2D eigenvalue weighted by Crippen LogP contribution is 2.36. The highest BCUT2D eigenvalue weighted by atomic mass is 15.0. The number of benzene rings is 5. The first-order valence-electron chi connectivity index (χ1n) is 16.2. The van der Waals surface area contributed by atoms with E-state index in [0.29, 0.717) is 17.5 Å². The minimum atomic E-state index is 0.592. The average Bonchev–Trinajstić information content (AvgIpc) is 3.53. The second kappa shape index (κ2) is 12.1. The average molecular weight is 629 g/mol. The van der Waals surface area contributed by atoms with Crippen molar-refractivity contribution in [3.05, 3.63) is 170 Å². The van der Waals surface area contributed by atoms with Crippen LogP contribution in [0.25, 0.3) is 83.9 Å². The fourth-order valence-corrected chi connectivity index (χ4v) is 6.48. The molecule has 9 rings (SSSR count). The second-order valence-electron chi connectivity index (χ2n) is 11.9. The Kier molecular flexibility index (Phi) is 7.02. The lowest BCUT2D eigenvalue weighted by atomic mass is 9.97. The Balaban J connectivity index is 1.18. The number of nitrogens with zero attached hydrogens (tertiary/aromatic N) is 6. The molecular formula is C43H28N6. The van der Waals surface area contributed by atoms with Crippen LogP contribution in [0.3, 0.4) is 0 Å². The van der Waals surface area contributed by atoms with Crippen molar-refractivity contribution in [1.82, 2.24) is 29.5 Å². The van der Waals surface area contributed by atoms with Gasteiger partial charge in [-0.2, -0.15) is 0 Å². The molecule has 0 unspecified atom stereocenters. The van der Waals surface area contributed by atoms with Crippen LogP contribution in [0.4, 0.5) is 0 Å². The van der Waals surface area contributed by atoms with Crippen molar-refractivity contribution in [2.24, 2.45) is 0 Å². The minimum Gasteiger partial charge on any atom is -0.309 e. The predicted molar refractivity (Wildman–Crippen MR) is 197 cm³/mol. The van der Waals surface area contributed by atoms with E-state index in [2.05, 4.69) is 136 Å². The molecule has 0 aliphatic carbocycles. The molecule has 9 aromatic rings. The summed E-state index contributed by atoms with van der Waals surface area (Å²) in [5, 5.41) is 2.48. The molecule has 0 N–H and O–H groups in total. The number of aromatic nitrogens is 6. The lowest BCUT2D eigenvalue weighted by molar-refractivity contribution is 1.07.